The maximum atomic E-state index is 12.1. The summed E-state index contributed by atoms with van der Waals surface area (Å²) in [5.74, 6) is 0.209. The van der Waals surface area contributed by atoms with Gasteiger partial charge >= 0.3 is 0 Å². The first kappa shape index (κ1) is 10.9. The molecule has 0 unspecified atom stereocenters. The number of carbonyl (C=O) groups is 2. The van der Waals surface area contributed by atoms with Crippen LogP contribution in [0.3, 0.4) is 0 Å². The number of hydrogen-bond acceptors (Lipinski definition) is 3. The molecule has 0 aliphatic carbocycles. The molecule has 0 bridgehead atoms. The van der Waals surface area contributed by atoms with Gasteiger partial charge in [-0.3, -0.25) is 14.3 Å². The van der Waals surface area contributed by atoms with E-state index in [2.05, 4.69) is 5.10 Å². The van der Waals surface area contributed by atoms with Gasteiger partial charge in [0.25, 0.3) is 5.91 Å². The van der Waals surface area contributed by atoms with E-state index < -0.39 is 0 Å². The minimum Gasteiger partial charge on any atom is -0.336 e. The summed E-state index contributed by atoms with van der Waals surface area (Å²) >= 11 is 0. The number of rotatable bonds is 1. The third-order valence-corrected chi connectivity index (χ3v) is 2.83. The number of aromatic nitrogens is 2. The lowest BCUT2D eigenvalue weighted by molar-refractivity contribution is -0.120. The largest absolute Gasteiger partial charge is 0.336 e. The molecule has 1 saturated heterocycles. The molecule has 2 rings (SSSR count). The van der Waals surface area contributed by atoms with Crippen molar-refractivity contribution in [3.8, 4) is 0 Å². The molecule has 1 aromatic rings. The fraction of sp³-hybridized carbons (Fsp3) is 0.545. The van der Waals surface area contributed by atoms with Crippen molar-refractivity contribution in [2.75, 3.05) is 13.1 Å². The summed E-state index contributed by atoms with van der Waals surface area (Å²) in [6.45, 7) is 2.92. The average molecular weight is 221 g/mol. The van der Waals surface area contributed by atoms with Crippen molar-refractivity contribution < 1.29 is 9.59 Å². The van der Waals surface area contributed by atoms with Gasteiger partial charge in [0.1, 0.15) is 11.5 Å². The smallest absolute Gasteiger partial charge is 0.272 e. The number of likely N-dealkylation sites (tertiary alicyclic amines) is 1. The van der Waals surface area contributed by atoms with Crippen LogP contribution in [0.2, 0.25) is 0 Å². The van der Waals surface area contributed by atoms with Crippen molar-refractivity contribution in [2.45, 2.75) is 19.8 Å². The van der Waals surface area contributed by atoms with Crippen LogP contribution >= 0.6 is 0 Å². The van der Waals surface area contributed by atoms with Gasteiger partial charge in [-0.2, -0.15) is 5.10 Å². The lowest BCUT2D eigenvalue weighted by Gasteiger charge is -2.25. The Morgan fingerprint density at radius 3 is 2.50 bits per heavy atom. The van der Waals surface area contributed by atoms with Gasteiger partial charge in [-0.05, 0) is 13.0 Å². The Morgan fingerprint density at radius 2 is 2.00 bits per heavy atom. The number of piperidine rings is 1. The van der Waals surface area contributed by atoms with E-state index in [9.17, 15) is 9.59 Å². The molecule has 86 valence electrons. The van der Waals surface area contributed by atoms with Crippen LogP contribution in [0.5, 0.6) is 0 Å². The van der Waals surface area contributed by atoms with Crippen molar-refractivity contribution in [3.63, 3.8) is 0 Å². The molecular formula is C11H15N3O2. The quantitative estimate of drug-likeness (QED) is 0.695. The second-order valence-electron chi connectivity index (χ2n) is 4.13. The summed E-state index contributed by atoms with van der Waals surface area (Å²) in [5, 5.41) is 4.14. The Balaban J connectivity index is 2.13. The number of aryl methyl sites for hydroxylation is 2. The first-order valence-corrected chi connectivity index (χ1v) is 5.39. The monoisotopic (exact) mass is 221 g/mol. The van der Waals surface area contributed by atoms with Gasteiger partial charge in [0, 0.05) is 33.0 Å². The Morgan fingerprint density at radius 1 is 1.38 bits per heavy atom. The van der Waals surface area contributed by atoms with Crippen molar-refractivity contribution in [1.29, 1.82) is 0 Å². The Labute approximate surface area is 94.0 Å². The molecule has 1 fully saturated rings. The molecule has 1 aliphatic rings. The zero-order valence-corrected chi connectivity index (χ0v) is 9.56. The molecule has 0 N–H and O–H groups in total. The summed E-state index contributed by atoms with van der Waals surface area (Å²) in [6, 6.07) is 1.78. The summed E-state index contributed by atoms with van der Waals surface area (Å²) in [6.07, 6.45) is 0.950. The summed E-state index contributed by atoms with van der Waals surface area (Å²) in [7, 11) is 1.76. The van der Waals surface area contributed by atoms with E-state index in [1.807, 2.05) is 6.92 Å². The number of hydrogen-bond donors (Lipinski definition) is 0. The first-order chi connectivity index (χ1) is 7.58. The third-order valence-electron chi connectivity index (χ3n) is 2.83. The van der Waals surface area contributed by atoms with Gasteiger partial charge in [-0.15, -0.1) is 0 Å². The van der Waals surface area contributed by atoms with Gasteiger partial charge in [-0.1, -0.05) is 0 Å². The lowest BCUT2D eigenvalue weighted by atomic mass is 10.1. The number of amides is 1. The van der Waals surface area contributed by atoms with Crippen LogP contribution < -0.4 is 0 Å². The van der Waals surface area contributed by atoms with Crippen LogP contribution in [-0.2, 0) is 11.8 Å². The van der Waals surface area contributed by atoms with Gasteiger partial charge in [0.05, 0.1) is 5.69 Å². The average Bonchev–Trinajstić information content (AvgIpc) is 2.58. The van der Waals surface area contributed by atoms with Gasteiger partial charge < -0.3 is 4.90 Å². The molecule has 5 heteroatoms. The molecule has 16 heavy (non-hydrogen) atoms. The second kappa shape index (κ2) is 4.08. The molecule has 0 aromatic carbocycles. The van der Waals surface area contributed by atoms with Crippen LogP contribution in [0.1, 0.15) is 29.0 Å². The Bertz CT molecular complexity index is 426. The molecule has 0 saturated carbocycles. The normalized spacial score (nSPS) is 16.6. The predicted molar refractivity (Wildman–Crippen MR) is 58.1 cm³/mol. The topological polar surface area (TPSA) is 55.2 Å². The standard InChI is InChI=1S/C11H15N3O2/c1-8-7-10(13(2)12-8)11(16)14-5-3-9(15)4-6-14/h7H,3-6H2,1-2H3. The van der Waals surface area contributed by atoms with Gasteiger partial charge in [-0.25, -0.2) is 0 Å². The lowest BCUT2D eigenvalue weighted by Crippen LogP contribution is -2.39. The summed E-state index contributed by atoms with van der Waals surface area (Å²) in [4.78, 5) is 24.9. The summed E-state index contributed by atoms with van der Waals surface area (Å²) < 4.78 is 1.59. The minimum atomic E-state index is -0.0319. The maximum absolute atomic E-state index is 12.1. The molecule has 1 amide bonds. The maximum Gasteiger partial charge on any atom is 0.272 e. The second-order valence-corrected chi connectivity index (χ2v) is 4.13. The van der Waals surface area contributed by atoms with E-state index in [1.54, 1.807) is 22.7 Å². The molecular weight excluding hydrogens is 206 g/mol. The van der Waals surface area contributed by atoms with Gasteiger partial charge in [0.15, 0.2) is 0 Å². The van der Waals surface area contributed by atoms with Crippen molar-refractivity contribution in [2.24, 2.45) is 7.05 Å². The van der Waals surface area contributed by atoms with E-state index in [-0.39, 0.29) is 11.7 Å². The fourth-order valence-electron chi connectivity index (χ4n) is 1.93. The fourth-order valence-corrected chi connectivity index (χ4v) is 1.93. The predicted octanol–water partition coefficient (Wildman–Crippen LogP) is 0.534. The van der Waals surface area contributed by atoms with Gasteiger partial charge in [0.2, 0.25) is 0 Å². The third kappa shape index (κ3) is 1.98. The number of ketones is 1. The number of Topliss-reactive ketones (excluding diaryl/α,β-unsaturated/α-hetero) is 1. The highest BCUT2D eigenvalue weighted by Crippen LogP contribution is 2.11. The summed E-state index contributed by atoms with van der Waals surface area (Å²) in [5.41, 5.74) is 1.42. The van der Waals surface area contributed by atoms with E-state index in [1.165, 1.54) is 0 Å². The Hall–Kier alpha value is -1.65. The van der Waals surface area contributed by atoms with Crippen LogP contribution in [0.15, 0.2) is 6.07 Å². The zero-order valence-electron chi connectivity index (χ0n) is 9.56. The molecule has 0 radical (unpaired) electrons. The van der Waals surface area contributed by atoms with Crippen LogP contribution in [-0.4, -0.2) is 39.5 Å². The van der Waals surface area contributed by atoms with E-state index >= 15 is 0 Å². The van der Waals surface area contributed by atoms with Crippen molar-refractivity contribution in [3.05, 3.63) is 17.5 Å². The van der Waals surface area contributed by atoms with Crippen LogP contribution in [0.4, 0.5) is 0 Å². The van der Waals surface area contributed by atoms with Crippen molar-refractivity contribution in [1.82, 2.24) is 14.7 Å². The number of carbonyl (C=O) groups excluding carboxylic acids is 2. The highest BCUT2D eigenvalue weighted by atomic mass is 16.2. The minimum absolute atomic E-state index is 0.0319. The molecule has 0 atom stereocenters. The highest BCUT2D eigenvalue weighted by Gasteiger charge is 2.23. The van der Waals surface area contributed by atoms with Crippen molar-refractivity contribution >= 4 is 11.7 Å². The highest BCUT2D eigenvalue weighted by molar-refractivity contribution is 5.94. The molecule has 5 nitrogen and oxygen atoms in total. The Kier molecular flexibility index (Phi) is 2.77. The van der Waals surface area contributed by atoms with E-state index in [0.717, 1.165) is 5.69 Å². The molecule has 1 aromatic heterocycles. The zero-order chi connectivity index (χ0) is 11.7. The first-order valence-electron chi connectivity index (χ1n) is 5.39. The molecule has 1 aliphatic heterocycles. The van der Waals surface area contributed by atoms with Crippen LogP contribution in [0.25, 0.3) is 0 Å². The SMILES string of the molecule is Cc1cc(C(=O)N2CCC(=O)CC2)n(C)n1. The van der Waals surface area contributed by atoms with Crippen LogP contribution in [0, 0.1) is 6.92 Å². The molecule has 0 spiro atoms. The van der Waals surface area contributed by atoms with E-state index in [4.69, 9.17) is 0 Å². The number of nitrogens with zero attached hydrogens (tertiary/aromatic N) is 3. The molecule has 2 heterocycles. The van der Waals surface area contributed by atoms with E-state index in [0.29, 0.717) is 31.6 Å².